The fourth-order valence-corrected chi connectivity index (χ4v) is 1.82. The van der Waals surface area contributed by atoms with Crippen molar-refractivity contribution in [2.75, 3.05) is 6.61 Å². The Morgan fingerprint density at radius 2 is 1.59 bits per heavy atom. The zero-order valence-corrected chi connectivity index (χ0v) is 10.8. The topological polar surface area (TPSA) is 29.5 Å². The van der Waals surface area contributed by atoms with Crippen LogP contribution < -0.4 is 4.74 Å². The second-order valence-electron chi connectivity index (χ2n) is 4.44. The number of rotatable bonds is 9. The largest absolute Gasteiger partial charge is 0.504 e. The molecule has 2 heteroatoms. The van der Waals surface area contributed by atoms with Gasteiger partial charge in [0.25, 0.3) is 0 Å². The van der Waals surface area contributed by atoms with Gasteiger partial charge in [0, 0.05) is 0 Å². The second kappa shape index (κ2) is 8.91. The van der Waals surface area contributed by atoms with Crippen molar-refractivity contribution in [1.82, 2.24) is 0 Å². The lowest BCUT2D eigenvalue weighted by Crippen LogP contribution is -1.97. The number of hydrogen-bond donors (Lipinski definition) is 1. The van der Waals surface area contributed by atoms with Crippen molar-refractivity contribution in [3.63, 3.8) is 0 Å². The van der Waals surface area contributed by atoms with Crippen LogP contribution in [-0.2, 0) is 0 Å². The smallest absolute Gasteiger partial charge is 0.160 e. The van der Waals surface area contributed by atoms with Crippen LogP contribution in [0.15, 0.2) is 24.3 Å². The third kappa shape index (κ3) is 6.20. The molecule has 1 aromatic rings. The number of unbranched alkanes of at least 4 members (excludes halogenated alkanes) is 6. The van der Waals surface area contributed by atoms with Crippen molar-refractivity contribution >= 4 is 0 Å². The molecule has 0 atom stereocenters. The Kier molecular flexibility index (Phi) is 7.28. The number of hydrogen-bond acceptors (Lipinski definition) is 2. The van der Waals surface area contributed by atoms with Crippen LogP contribution in [0.3, 0.4) is 0 Å². The number of phenolic OH excluding ortho intramolecular Hbond substituents is 1. The molecule has 0 saturated heterocycles. The average molecular weight is 236 g/mol. The Morgan fingerprint density at radius 1 is 0.941 bits per heavy atom. The highest BCUT2D eigenvalue weighted by Crippen LogP contribution is 2.24. The lowest BCUT2D eigenvalue weighted by molar-refractivity contribution is 0.289. The van der Waals surface area contributed by atoms with Gasteiger partial charge in [-0.05, 0) is 18.6 Å². The van der Waals surface area contributed by atoms with E-state index in [2.05, 4.69) is 6.92 Å². The van der Waals surface area contributed by atoms with E-state index in [1.807, 2.05) is 6.07 Å². The Hall–Kier alpha value is -1.18. The van der Waals surface area contributed by atoms with Crippen LogP contribution in [0, 0.1) is 0 Å². The van der Waals surface area contributed by atoms with Crippen molar-refractivity contribution in [3.8, 4) is 11.5 Å². The van der Waals surface area contributed by atoms with Gasteiger partial charge in [0.2, 0.25) is 0 Å². The van der Waals surface area contributed by atoms with E-state index >= 15 is 0 Å². The summed E-state index contributed by atoms with van der Waals surface area (Å²) < 4.78 is 5.51. The maximum atomic E-state index is 9.49. The average Bonchev–Trinajstić information content (AvgIpc) is 2.35. The van der Waals surface area contributed by atoms with E-state index in [1.54, 1.807) is 18.2 Å². The number of aromatic hydroxyl groups is 1. The van der Waals surface area contributed by atoms with Crippen LogP contribution in [0.4, 0.5) is 0 Å². The molecule has 0 fully saturated rings. The van der Waals surface area contributed by atoms with Crippen LogP contribution in [0.1, 0.15) is 51.9 Å². The molecule has 2 nitrogen and oxygen atoms in total. The van der Waals surface area contributed by atoms with Gasteiger partial charge in [-0.2, -0.15) is 0 Å². The Bertz CT molecular complexity index is 297. The van der Waals surface area contributed by atoms with Gasteiger partial charge in [0.1, 0.15) is 0 Å². The fraction of sp³-hybridized carbons (Fsp3) is 0.600. The monoisotopic (exact) mass is 236 g/mol. The van der Waals surface area contributed by atoms with Gasteiger partial charge >= 0.3 is 0 Å². The summed E-state index contributed by atoms with van der Waals surface area (Å²) in [6, 6.07) is 7.13. The van der Waals surface area contributed by atoms with E-state index in [4.69, 9.17) is 4.74 Å². The first-order valence-electron chi connectivity index (χ1n) is 6.75. The van der Waals surface area contributed by atoms with Gasteiger partial charge in [-0.1, -0.05) is 57.6 Å². The normalized spacial score (nSPS) is 10.4. The first-order chi connectivity index (χ1) is 8.34. The van der Waals surface area contributed by atoms with Gasteiger partial charge in [-0.3, -0.25) is 0 Å². The highest BCUT2D eigenvalue weighted by Gasteiger charge is 1.99. The SMILES string of the molecule is CCCCCCCCCOc1ccccc1O. The van der Waals surface area contributed by atoms with Gasteiger partial charge in [-0.25, -0.2) is 0 Å². The number of phenols is 1. The maximum Gasteiger partial charge on any atom is 0.160 e. The van der Waals surface area contributed by atoms with Crippen molar-refractivity contribution in [1.29, 1.82) is 0 Å². The molecule has 0 radical (unpaired) electrons. The van der Waals surface area contributed by atoms with Crippen molar-refractivity contribution in [2.24, 2.45) is 0 Å². The van der Waals surface area contributed by atoms with Gasteiger partial charge in [0.15, 0.2) is 11.5 Å². The molecule has 0 aliphatic heterocycles. The highest BCUT2D eigenvalue weighted by molar-refractivity contribution is 5.37. The predicted octanol–water partition coefficient (Wildman–Crippen LogP) is 4.52. The molecule has 1 N–H and O–H groups in total. The molecule has 0 saturated carbocycles. The van der Waals surface area contributed by atoms with E-state index in [0.29, 0.717) is 12.4 Å². The van der Waals surface area contributed by atoms with E-state index in [9.17, 15) is 5.11 Å². The van der Waals surface area contributed by atoms with Gasteiger partial charge < -0.3 is 9.84 Å². The summed E-state index contributed by atoms with van der Waals surface area (Å²) >= 11 is 0. The lowest BCUT2D eigenvalue weighted by Gasteiger charge is -2.07. The van der Waals surface area contributed by atoms with Crippen LogP contribution >= 0.6 is 0 Å². The fourth-order valence-electron chi connectivity index (χ4n) is 1.82. The molecular weight excluding hydrogens is 212 g/mol. The quantitative estimate of drug-likeness (QED) is 0.639. The zero-order chi connectivity index (χ0) is 12.3. The van der Waals surface area contributed by atoms with Crippen LogP contribution in [0.5, 0.6) is 11.5 Å². The molecule has 0 aromatic heterocycles. The van der Waals surface area contributed by atoms with Crippen LogP contribution in [0.2, 0.25) is 0 Å². The minimum atomic E-state index is 0.232. The highest BCUT2D eigenvalue weighted by atomic mass is 16.5. The van der Waals surface area contributed by atoms with Crippen molar-refractivity contribution in [2.45, 2.75) is 51.9 Å². The maximum absolute atomic E-state index is 9.49. The molecule has 0 amide bonds. The standard InChI is InChI=1S/C15H24O2/c1-2-3-4-5-6-7-10-13-17-15-12-9-8-11-14(15)16/h8-9,11-12,16H,2-7,10,13H2,1H3. The zero-order valence-electron chi connectivity index (χ0n) is 10.8. The van der Waals surface area contributed by atoms with E-state index in [-0.39, 0.29) is 5.75 Å². The molecule has 0 aliphatic carbocycles. The number of para-hydroxylation sites is 2. The molecular formula is C15H24O2. The minimum absolute atomic E-state index is 0.232. The summed E-state index contributed by atoms with van der Waals surface area (Å²) in [6.07, 6.45) is 8.94. The first kappa shape index (κ1) is 13.9. The van der Waals surface area contributed by atoms with Crippen molar-refractivity contribution < 1.29 is 9.84 Å². The number of benzene rings is 1. The Morgan fingerprint density at radius 3 is 2.29 bits per heavy atom. The molecule has 0 spiro atoms. The molecule has 1 rings (SSSR count). The van der Waals surface area contributed by atoms with E-state index < -0.39 is 0 Å². The molecule has 0 bridgehead atoms. The van der Waals surface area contributed by atoms with E-state index in [1.165, 1.54) is 38.5 Å². The molecule has 0 heterocycles. The first-order valence-corrected chi connectivity index (χ1v) is 6.75. The molecule has 96 valence electrons. The van der Waals surface area contributed by atoms with Gasteiger partial charge in [0.05, 0.1) is 6.61 Å². The van der Waals surface area contributed by atoms with Crippen molar-refractivity contribution in [3.05, 3.63) is 24.3 Å². The third-order valence-electron chi connectivity index (χ3n) is 2.87. The second-order valence-corrected chi connectivity index (χ2v) is 4.44. The Balaban J connectivity index is 1.99. The van der Waals surface area contributed by atoms with E-state index in [0.717, 1.165) is 6.42 Å². The van der Waals surface area contributed by atoms with Crippen LogP contribution in [-0.4, -0.2) is 11.7 Å². The molecule has 1 aromatic carbocycles. The summed E-state index contributed by atoms with van der Waals surface area (Å²) in [5.74, 6) is 0.828. The minimum Gasteiger partial charge on any atom is -0.504 e. The molecule has 17 heavy (non-hydrogen) atoms. The third-order valence-corrected chi connectivity index (χ3v) is 2.87. The summed E-state index contributed by atoms with van der Waals surface area (Å²) in [4.78, 5) is 0. The molecule has 0 unspecified atom stereocenters. The Labute approximate surface area is 105 Å². The van der Waals surface area contributed by atoms with Crippen LogP contribution in [0.25, 0.3) is 0 Å². The van der Waals surface area contributed by atoms with Gasteiger partial charge in [-0.15, -0.1) is 0 Å². The summed E-state index contributed by atoms with van der Waals surface area (Å²) in [6.45, 7) is 2.94. The summed E-state index contributed by atoms with van der Waals surface area (Å²) in [7, 11) is 0. The predicted molar refractivity (Wildman–Crippen MR) is 71.6 cm³/mol. The summed E-state index contributed by atoms with van der Waals surface area (Å²) in [5, 5.41) is 9.49. The number of ether oxygens (including phenoxy) is 1. The lowest BCUT2D eigenvalue weighted by atomic mass is 10.1. The summed E-state index contributed by atoms with van der Waals surface area (Å²) in [5.41, 5.74) is 0. The molecule has 0 aliphatic rings.